The summed E-state index contributed by atoms with van der Waals surface area (Å²) >= 11 is 0. The van der Waals surface area contributed by atoms with Crippen molar-refractivity contribution in [3.05, 3.63) is 82.6 Å². The van der Waals surface area contributed by atoms with Gasteiger partial charge in [0.25, 0.3) is 0 Å². The number of aryl methyl sites for hydroxylation is 2. The van der Waals surface area contributed by atoms with Gasteiger partial charge in [0.05, 0.1) is 51.6 Å². The van der Waals surface area contributed by atoms with E-state index in [0.29, 0.717) is 91.5 Å². The Hall–Kier alpha value is -4.84. The molecule has 0 spiro atoms. The first-order chi connectivity index (χ1) is 31.7. The maximum Gasteiger partial charge on any atom is 1.00 e. The van der Waals surface area contributed by atoms with Crippen LogP contribution in [0.5, 0.6) is 0 Å². The van der Waals surface area contributed by atoms with Gasteiger partial charge in [-0.3, -0.25) is 0 Å². The fraction of sp³-hybridized carbons (Fsp3) is 0.532. The number of piperidine rings is 2. The van der Waals surface area contributed by atoms with Crippen LogP contribution < -0.4 is 29.6 Å². The molecule has 2 aliphatic rings. The second kappa shape index (κ2) is 26.0. The molecule has 20 nitrogen and oxygen atoms in total. The molecule has 0 unspecified atom stereocenters. The predicted molar refractivity (Wildman–Crippen MR) is 253 cm³/mol. The predicted octanol–water partition coefficient (Wildman–Crippen LogP) is 4.24. The molecule has 2 aliphatic heterocycles. The van der Waals surface area contributed by atoms with Gasteiger partial charge in [-0.25, -0.2) is 46.0 Å². The van der Waals surface area contributed by atoms with E-state index >= 15 is 0 Å². The number of sulfone groups is 2. The van der Waals surface area contributed by atoms with Crippen LogP contribution in [0, 0.1) is 13.8 Å². The standard InChI is InChI=1S/C23H30N2O7S.C22H28N2O7S.C2H6O.Na.H2O/c1-15-19(24-20(31-15)16-6-8-17(9-7-16)21(26)30-5)14-33(28,29)18-10-12-25(13-11-18)22(27)32-23(2,3)4;1-14-18(23-19(30-14)15-5-7-16(8-6-15)20(25)26)13-32(28,29)17-9-11-24(12-10-17)21(27)31-22(2,3)4;1-2-3;;/h6-9,18H,10-14H2,1-5H3;5-8,17H,9-13H2,1-4H3,(H,25,26);3H,2H2,1H3;;1H2/q;;;+1;/p-1. The zero-order valence-corrected chi connectivity index (χ0v) is 45.4. The molecule has 6 rings (SSSR count). The van der Waals surface area contributed by atoms with Crippen LogP contribution in [0.2, 0.25) is 0 Å². The van der Waals surface area contributed by atoms with Crippen LogP contribution in [0.25, 0.3) is 22.9 Å². The molecule has 2 amide bonds. The Morgan fingerprint density at radius 3 is 1.26 bits per heavy atom. The first kappa shape index (κ1) is 61.3. The van der Waals surface area contributed by atoms with E-state index in [2.05, 4.69) is 14.7 Å². The smallest absolute Gasteiger partial charge is 0.870 e. The fourth-order valence-corrected chi connectivity index (χ4v) is 10.7. The number of aliphatic hydroxyl groups excluding tert-OH is 1. The van der Waals surface area contributed by atoms with E-state index in [1.54, 1.807) is 104 Å². The van der Waals surface area contributed by atoms with Gasteiger partial charge in [0.1, 0.15) is 22.7 Å². The molecular formula is C47H65N4NaO16S2. The van der Waals surface area contributed by atoms with Gasteiger partial charge >= 0.3 is 53.7 Å². The number of nitrogens with zero attached hydrogens (tertiary/aromatic N) is 4. The summed E-state index contributed by atoms with van der Waals surface area (Å²) in [5, 5.41) is 15.4. The SMILES string of the molecule is CCO.COC(=O)c1ccc(-c2nc(CS(=O)(=O)C3CCN(C(=O)OC(C)(C)C)CC3)c(C)o2)cc1.Cc1oc(-c2ccc(C(=O)O)cc2)nc1CS(=O)(=O)C1CCN(C(=O)OC(C)(C)C)CC1.[Na+].[OH-]. The molecule has 4 heterocycles. The molecule has 0 atom stereocenters. The zero-order valence-electron chi connectivity index (χ0n) is 41.8. The number of carboxylic acid groups (broad SMARTS) is 1. The van der Waals surface area contributed by atoms with E-state index in [4.69, 9.17) is 28.5 Å². The van der Waals surface area contributed by atoms with Crippen molar-refractivity contribution in [2.45, 2.75) is 121 Å². The molecule has 0 aliphatic carbocycles. The zero-order chi connectivity index (χ0) is 50.8. The Bertz CT molecular complexity index is 2590. The number of hydrogen-bond acceptors (Lipinski definition) is 17. The van der Waals surface area contributed by atoms with Gasteiger partial charge in [0.2, 0.25) is 11.8 Å². The monoisotopic (exact) mass is 1030 g/mol. The summed E-state index contributed by atoms with van der Waals surface area (Å²) in [7, 11) is -5.70. The number of hydrogen-bond donors (Lipinski definition) is 2. The number of carbonyl (C=O) groups is 4. The molecule has 4 aromatic rings. The van der Waals surface area contributed by atoms with Crippen LogP contribution in [0.3, 0.4) is 0 Å². The largest absolute Gasteiger partial charge is 1.00 e. The Labute approximate surface area is 431 Å². The van der Waals surface area contributed by atoms with Crippen molar-refractivity contribution in [2.24, 2.45) is 0 Å². The first-order valence-electron chi connectivity index (χ1n) is 22.1. The number of aromatic carboxylic acids is 1. The molecule has 0 radical (unpaired) electrons. The molecule has 2 fully saturated rings. The summed E-state index contributed by atoms with van der Waals surface area (Å²) in [6, 6.07) is 12.5. The molecule has 0 bridgehead atoms. The number of rotatable bonds is 10. The third-order valence-corrected chi connectivity index (χ3v) is 14.9. The Balaban J connectivity index is 0.000000443. The summed E-state index contributed by atoms with van der Waals surface area (Å²) < 4.78 is 78.8. The Morgan fingerprint density at radius 2 is 0.971 bits per heavy atom. The number of amides is 2. The van der Waals surface area contributed by atoms with Crippen molar-refractivity contribution in [3.63, 3.8) is 0 Å². The van der Waals surface area contributed by atoms with Crippen molar-refractivity contribution in [1.29, 1.82) is 0 Å². The van der Waals surface area contributed by atoms with Gasteiger partial charge in [-0.2, -0.15) is 0 Å². The third-order valence-electron chi connectivity index (χ3n) is 10.6. The first-order valence-corrected chi connectivity index (χ1v) is 25.5. The van der Waals surface area contributed by atoms with Gasteiger partial charge in [0.15, 0.2) is 19.7 Å². The van der Waals surface area contributed by atoms with Gasteiger partial charge < -0.3 is 48.5 Å². The molecule has 382 valence electrons. The van der Waals surface area contributed by atoms with Crippen LogP contribution in [0.4, 0.5) is 9.59 Å². The maximum atomic E-state index is 13.0. The summed E-state index contributed by atoms with van der Waals surface area (Å²) in [6.45, 7) is 17.3. The minimum absolute atomic E-state index is 0. The minimum Gasteiger partial charge on any atom is -0.870 e. The number of carboxylic acids is 1. The van der Waals surface area contributed by atoms with E-state index in [-0.39, 0.29) is 70.5 Å². The summed E-state index contributed by atoms with van der Waals surface area (Å²) in [5.74, 6) is -0.627. The molecule has 70 heavy (non-hydrogen) atoms. The quantitative estimate of drug-likeness (QED) is 0.128. The number of esters is 1. The van der Waals surface area contributed by atoms with Crippen LogP contribution in [-0.4, -0.2) is 138 Å². The van der Waals surface area contributed by atoms with E-state index in [1.807, 2.05) is 0 Å². The number of likely N-dealkylation sites (tertiary alicyclic amines) is 2. The molecule has 2 aromatic carbocycles. The maximum absolute atomic E-state index is 13.0. The number of aliphatic hydroxyl groups is 1. The minimum atomic E-state index is -3.51. The van der Waals surface area contributed by atoms with Gasteiger partial charge in [-0.1, -0.05) is 0 Å². The van der Waals surface area contributed by atoms with Crippen molar-refractivity contribution >= 4 is 43.8 Å². The van der Waals surface area contributed by atoms with Gasteiger partial charge in [-0.15, -0.1) is 0 Å². The Morgan fingerprint density at radius 1 is 0.657 bits per heavy atom. The second-order valence-electron chi connectivity index (χ2n) is 18.3. The van der Waals surface area contributed by atoms with Crippen molar-refractivity contribution in [1.82, 2.24) is 19.8 Å². The molecule has 2 aromatic heterocycles. The van der Waals surface area contributed by atoms with Crippen LogP contribution >= 0.6 is 0 Å². The average Bonchev–Trinajstić information content (AvgIpc) is 3.82. The number of ether oxygens (including phenoxy) is 3. The third kappa shape index (κ3) is 17.8. The van der Waals surface area contributed by atoms with E-state index in [1.165, 1.54) is 24.1 Å². The number of benzene rings is 2. The van der Waals surface area contributed by atoms with E-state index < -0.39 is 65.5 Å². The molecule has 23 heteroatoms. The molecule has 3 N–H and O–H groups in total. The van der Waals surface area contributed by atoms with Crippen LogP contribution in [-0.2, 0) is 45.4 Å². The Kier molecular flexibility index (Phi) is 22.8. The normalized spacial score (nSPS) is 14.6. The van der Waals surface area contributed by atoms with Crippen molar-refractivity contribution in [2.75, 3.05) is 39.9 Å². The van der Waals surface area contributed by atoms with Crippen LogP contribution in [0.1, 0.15) is 118 Å². The topological polar surface area (TPSA) is 293 Å². The average molecular weight is 1030 g/mol. The number of methoxy groups -OCH3 is 1. The molecule has 0 saturated carbocycles. The second-order valence-corrected chi connectivity index (χ2v) is 22.8. The summed E-state index contributed by atoms with van der Waals surface area (Å²) in [4.78, 5) is 58.8. The van der Waals surface area contributed by atoms with Gasteiger partial charge in [-0.05, 0) is 137 Å². The number of aromatic nitrogens is 2. The van der Waals surface area contributed by atoms with E-state index in [0.717, 1.165) is 0 Å². The number of carbonyl (C=O) groups excluding carboxylic acids is 3. The molecular weight excluding hydrogens is 964 g/mol. The summed E-state index contributed by atoms with van der Waals surface area (Å²) in [6.07, 6.45) is 0.512. The van der Waals surface area contributed by atoms with Crippen molar-refractivity contribution in [3.8, 4) is 22.9 Å². The number of oxazole rings is 2. The van der Waals surface area contributed by atoms with Crippen LogP contribution in [0.15, 0.2) is 57.4 Å². The molecule has 2 saturated heterocycles. The fourth-order valence-electron chi connectivity index (χ4n) is 7.06. The van der Waals surface area contributed by atoms with Crippen molar-refractivity contribution < 1.29 is 104 Å². The van der Waals surface area contributed by atoms with E-state index in [9.17, 15) is 36.0 Å². The van der Waals surface area contributed by atoms with Gasteiger partial charge in [0, 0.05) is 43.9 Å². The summed E-state index contributed by atoms with van der Waals surface area (Å²) in [5.41, 5.74) is 1.21.